The van der Waals surface area contributed by atoms with Gasteiger partial charge in [-0.3, -0.25) is 4.98 Å². The van der Waals surface area contributed by atoms with Crippen LogP contribution in [0.15, 0.2) is 36.5 Å². The van der Waals surface area contributed by atoms with E-state index in [1.54, 1.807) is 6.20 Å². The molecule has 0 saturated heterocycles. The van der Waals surface area contributed by atoms with Gasteiger partial charge >= 0.3 is 5.97 Å². The summed E-state index contributed by atoms with van der Waals surface area (Å²) < 4.78 is 6.84. The Hall–Kier alpha value is -2.10. The van der Waals surface area contributed by atoms with Gasteiger partial charge in [0.15, 0.2) is 6.04 Å². The van der Waals surface area contributed by atoms with E-state index >= 15 is 0 Å². The normalized spacial score (nSPS) is 12.2. The zero-order valence-electron chi connectivity index (χ0n) is 10.8. The first kappa shape index (κ1) is 12.4. The number of nitrogens with zero attached hydrogens (tertiary/aromatic N) is 2. The maximum absolute atomic E-state index is 12.0. The minimum absolute atomic E-state index is 0.309. The third-order valence-electron chi connectivity index (χ3n) is 2.98. The number of carbonyl (C=O) groups excluding carboxylic acids is 1. The Morgan fingerprint density at radius 1 is 1.22 bits per heavy atom. The van der Waals surface area contributed by atoms with Crippen LogP contribution in [0.4, 0.5) is 0 Å². The molecule has 1 atom stereocenters. The quantitative estimate of drug-likeness (QED) is 0.778. The molecule has 0 aliphatic carbocycles. The number of pyridine rings is 1. The predicted octanol–water partition coefficient (Wildman–Crippen LogP) is 2.26. The van der Waals surface area contributed by atoms with Crippen molar-refractivity contribution >= 4 is 5.97 Å². The number of rotatable bonds is 3. The van der Waals surface area contributed by atoms with E-state index in [0.29, 0.717) is 5.69 Å². The van der Waals surface area contributed by atoms with E-state index in [4.69, 9.17) is 4.74 Å². The van der Waals surface area contributed by atoms with E-state index in [1.807, 2.05) is 48.7 Å². The molecule has 0 spiro atoms. The second-order valence-corrected chi connectivity index (χ2v) is 4.17. The second-order valence-electron chi connectivity index (χ2n) is 4.17. The van der Waals surface area contributed by atoms with Crippen LogP contribution in [0.2, 0.25) is 0 Å². The highest BCUT2D eigenvalue weighted by atomic mass is 16.5. The number of esters is 1. The number of aromatic nitrogens is 2. The summed E-state index contributed by atoms with van der Waals surface area (Å²) in [6.07, 6.45) is 1.68. The van der Waals surface area contributed by atoms with Crippen LogP contribution in [0.5, 0.6) is 0 Å². The Morgan fingerprint density at radius 2 is 1.89 bits per heavy atom. The van der Waals surface area contributed by atoms with E-state index in [9.17, 15) is 4.79 Å². The van der Waals surface area contributed by atoms with Gasteiger partial charge < -0.3 is 9.30 Å². The fraction of sp³-hybridized carbons (Fsp3) is 0.286. The van der Waals surface area contributed by atoms with Crippen molar-refractivity contribution < 1.29 is 9.53 Å². The van der Waals surface area contributed by atoms with Gasteiger partial charge in [0, 0.05) is 17.6 Å². The molecule has 2 rings (SSSR count). The molecule has 0 saturated carbocycles. The Bertz CT molecular complexity index is 527. The summed E-state index contributed by atoms with van der Waals surface area (Å²) in [7, 11) is 1.40. The van der Waals surface area contributed by atoms with Crippen molar-refractivity contribution in [2.45, 2.75) is 19.9 Å². The van der Waals surface area contributed by atoms with Crippen LogP contribution in [0.3, 0.4) is 0 Å². The highest BCUT2D eigenvalue weighted by Crippen LogP contribution is 2.22. The highest BCUT2D eigenvalue weighted by Gasteiger charge is 2.26. The second kappa shape index (κ2) is 5.04. The lowest BCUT2D eigenvalue weighted by molar-refractivity contribution is -0.143. The molecule has 0 bridgehead atoms. The van der Waals surface area contributed by atoms with Gasteiger partial charge in [-0.05, 0) is 38.1 Å². The topological polar surface area (TPSA) is 44.1 Å². The van der Waals surface area contributed by atoms with Crippen LogP contribution < -0.4 is 0 Å². The van der Waals surface area contributed by atoms with Crippen molar-refractivity contribution in [3.8, 4) is 0 Å². The molecule has 0 aliphatic heterocycles. The highest BCUT2D eigenvalue weighted by molar-refractivity contribution is 5.77. The molecule has 0 aromatic carbocycles. The fourth-order valence-electron chi connectivity index (χ4n) is 2.10. The minimum Gasteiger partial charge on any atom is -0.467 e. The minimum atomic E-state index is -0.522. The maximum atomic E-state index is 12.0. The summed E-state index contributed by atoms with van der Waals surface area (Å²) in [5.41, 5.74) is 2.70. The van der Waals surface area contributed by atoms with Crippen molar-refractivity contribution in [1.29, 1.82) is 0 Å². The molecular weight excluding hydrogens is 228 g/mol. The van der Waals surface area contributed by atoms with Crippen molar-refractivity contribution in [1.82, 2.24) is 9.55 Å². The summed E-state index contributed by atoms with van der Waals surface area (Å²) in [5, 5.41) is 0. The summed E-state index contributed by atoms with van der Waals surface area (Å²) >= 11 is 0. The maximum Gasteiger partial charge on any atom is 0.335 e. The largest absolute Gasteiger partial charge is 0.467 e. The van der Waals surface area contributed by atoms with E-state index < -0.39 is 6.04 Å². The van der Waals surface area contributed by atoms with E-state index in [0.717, 1.165) is 11.4 Å². The Balaban J connectivity index is 2.54. The van der Waals surface area contributed by atoms with E-state index in [1.165, 1.54) is 7.11 Å². The van der Waals surface area contributed by atoms with Gasteiger partial charge in [0.1, 0.15) is 0 Å². The summed E-state index contributed by atoms with van der Waals surface area (Å²) in [4.78, 5) is 16.3. The van der Waals surface area contributed by atoms with E-state index in [-0.39, 0.29) is 5.97 Å². The Morgan fingerprint density at radius 3 is 2.39 bits per heavy atom. The molecule has 0 amide bonds. The molecule has 0 fully saturated rings. The van der Waals surface area contributed by atoms with Gasteiger partial charge in [-0.25, -0.2) is 4.79 Å². The van der Waals surface area contributed by atoms with Gasteiger partial charge in [0.25, 0.3) is 0 Å². The molecule has 2 aromatic heterocycles. The molecule has 2 heterocycles. The Labute approximate surface area is 106 Å². The first-order valence-corrected chi connectivity index (χ1v) is 5.78. The van der Waals surface area contributed by atoms with Crippen LogP contribution in [0.1, 0.15) is 23.1 Å². The molecule has 4 heteroatoms. The van der Waals surface area contributed by atoms with Crippen molar-refractivity contribution in [3.63, 3.8) is 0 Å². The summed E-state index contributed by atoms with van der Waals surface area (Å²) in [6.45, 7) is 3.93. The van der Waals surface area contributed by atoms with Crippen LogP contribution in [0, 0.1) is 13.8 Å². The average molecular weight is 244 g/mol. The van der Waals surface area contributed by atoms with Crippen molar-refractivity contribution in [3.05, 3.63) is 53.6 Å². The number of hydrogen-bond donors (Lipinski definition) is 0. The molecule has 2 aromatic rings. The van der Waals surface area contributed by atoms with Gasteiger partial charge in [-0.2, -0.15) is 0 Å². The standard InChI is InChI=1S/C14H16N2O2/c1-10-7-8-11(2)16(10)13(14(17)18-3)12-6-4-5-9-15-12/h4-9,13H,1-3H3. The summed E-state index contributed by atoms with van der Waals surface area (Å²) in [5.74, 6) is -0.309. The first-order chi connectivity index (χ1) is 8.65. The predicted molar refractivity (Wildman–Crippen MR) is 68.3 cm³/mol. The molecule has 18 heavy (non-hydrogen) atoms. The molecule has 94 valence electrons. The number of aryl methyl sites for hydroxylation is 2. The molecule has 0 aliphatic rings. The van der Waals surface area contributed by atoms with Gasteiger partial charge in [0.05, 0.1) is 12.8 Å². The van der Waals surface area contributed by atoms with E-state index in [2.05, 4.69) is 4.98 Å². The van der Waals surface area contributed by atoms with Crippen LogP contribution in [-0.4, -0.2) is 22.6 Å². The monoisotopic (exact) mass is 244 g/mol. The zero-order valence-corrected chi connectivity index (χ0v) is 10.8. The lowest BCUT2D eigenvalue weighted by Crippen LogP contribution is -2.24. The van der Waals surface area contributed by atoms with Crippen LogP contribution in [0.25, 0.3) is 0 Å². The molecule has 0 N–H and O–H groups in total. The third kappa shape index (κ3) is 2.14. The van der Waals surface area contributed by atoms with Crippen LogP contribution in [-0.2, 0) is 9.53 Å². The van der Waals surface area contributed by atoms with Crippen LogP contribution >= 0.6 is 0 Å². The lowest BCUT2D eigenvalue weighted by atomic mass is 10.1. The zero-order chi connectivity index (χ0) is 13.1. The molecule has 1 unspecified atom stereocenters. The van der Waals surface area contributed by atoms with Crippen molar-refractivity contribution in [2.75, 3.05) is 7.11 Å². The van der Waals surface area contributed by atoms with Gasteiger partial charge in [-0.15, -0.1) is 0 Å². The number of ether oxygens (including phenoxy) is 1. The smallest absolute Gasteiger partial charge is 0.335 e. The number of hydrogen-bond acceptors (Lipinski definition) is 3. The molecule has 4 nitrogen and oxygen atoms in total. The molecular formula is C14H16N2O2. The number of methoxy groups -OCH3 is 1. The third-order valence-corrected chi connectivity index (χ3v) is 2.98. The van der Waals surface area contributed by atoms with Gasteiger partial charge in [-0.1, -0.05) is 6.07 Å². The lowest BCUT2D eigenvalue weighted by Gasteiger charge is -2.19. The average Bonchev–Trinajstić information content (AvgIpc) is 2.72. The fourth-order valence-corrected chi connectivity index (χ4v) is 2.10. The molecule has 0 radical (unpaired) electrons. The Kier molecular flexibility index (Phi) is 3.46. The number of carbonyl (C=O) groups is 1. The van der Waals surface area contributed by atoms with Gasteiger partial charge in [0.2, 0.25) is 0 Å². The first-order valence-electron chi connectivity index (χ1n) is 5.78. The SMILES string of the molecule is COC(=O)C(c1ccccn1)n1c(C)ccc1C. The van der Waals surface area contributed by atoms with Crippen molar-refractivity contribution in [2.24, 2.45) is 0 Å². The summed E-state index contributed by atoms with van der Waals surface area (Å²) in [6, 6.07) is 8.97.